The van der Waals surface area contributed by atoms with Gasteiger partial charge in [-0.15, -0.1) is 0 Å². The van der Waals surface area contributed by atoms with E-state index in [1.807, 2.05) is 48.5 Å². The highest BCUT2D eigenvalue weighted by Gasteiger charge is 2.11. The molecule has 2 aromatic carbocycles. The highest BCUT2D eigenvalue weighted by Crippen LogP contribution is 2.21. The second-order valence-electron chi connectivity index (χ2n) is 4.84. The number of nitrogens with one attached hydrogen (secondary N) is 2. The first-order chi connectivity index (χ1) is 10.6. The van der Waals surface area contributed by atoms with Gasteiger partial charge in [0, 0.05) is 10.7 Å². The molecule has 2 rings (SSSR count). The van der Waals surface area contributed by atoms with Gasteiger partial charge in [-0.1, -0.05) is 36.7 Å². The van der Waals surface area contributed by atoms with Crippen molar-refractivity contribution in [3.05, 3.63) is 59.1 Å². The molecule has 0 aromatic heterocycles. The van der Waals surface area contributed by atoms with Gasteiger partial charge in [-0.2, -0.15) is 0 Å². The summed E-state index contributed by atoms with van der Waals surface area (Å²) in [6, 6.07) is 15.6. The first-order valence-corrected chi connectivity index (χ1v) is 7.88. The van der Waals surface area contributed by atoms with Crippen molar-refractivity contribution in [1.29, 1.82) is 0 Å². The molecule has 1 atom stereocenters. The molecule has 0 unspecified atom stereocenters. The average Bonchev–Trinajstić information content (AvgIpc) is 2.53. The number of rotatable bonds is 5. The van der Waals surface area contributed by atoms with E-state index in [9.17, 15) is 0 Å². The Balaban J connectivity index is 2.01. The van der Waals surface area contributed by atoms with Crippen LogP contribution in [0.5, 0.6) is 5.75 Å². The van der Waals surface area contributed by atoms with Crippen molar-refractivity contribution in [1.82, 2.24) is 5.32 Å². The standard InChI is InChI=1S/C17H19ClN2OS/c1-3-16(12-7-9-15(21-2)10-8-12)20-17(22)19-14-6-4-5-13(18)11-14/h4-11,16H,3H2,1-2H3,(H2,19,20,22)/t16-/m1/s1. The molecule has 0 fully saturated rings. The van der Waals surface area contributed by atoms with Gasteiger partial charge in [0.1, 0.15) is 5.75 Å². The molecule has 0 spiro atoms. The van der Waals surface area contributed by atoms with Crippen molar-refractivity contribution in [3.8, 4) is 5.75 Å². The van der Waals surface area contributed by atoms with E-state index in [1.54, 1.807) is 7.11 Å². The number of halogens is 1. The predicted octanol–water partition coefficient (Wildman–Crippen LogP) is 4.79. The van der Waals surface area contributed by atoms with Crippen LogP contribution in [0.1, 0.15) is 24.9 Å². The largest absolute Gasteiger partial charge is 0.497 e. The van der Waals surface area contributed by atoms with E-state index in [4.69, 9.17) is 28.6 Å². The summed E-state index contributed by atoms with van der Waals surface area (Å²) in [5.41, 5.74) is 2.04. The van der Waals surface area contributed by atoms with Crippen LogP contribution in [-0.2, 0) is 0 Å². The molecular formula is C17H19ClN2OS. The number of ether oxygens (including phenoxy) is 1. The maximum atomic E-state index is 5.97. The van der Waals surface area contributed by atoms with Gasteiger partial charge in [-0.25, -0.2) is 0 Å². The smallest absolute Gasteiger partial charge is 0.171 e. The quantitative estimate of drug-likeness (QED) is 0.770. The molecule has 0 saturated carbocycles. The second kappa shape index (κ2) is 8.01. The van der Waals surface area contributed by atoms with Crippen LogP contribution in [0.4, 0.5) is 5.69 Å². The Morgan fingerprint density at radius 1 is 1.23 bits per heavy atom. The van der Waals surface area contributed by atoms with Crippen LogP contribution in [0.3, 0.4) is 0 Å². The number of methoxy groups -OCH3 is 1. The molecule has 0 amide bonds. The minimum Gasteiger partial charge on any atom is -0.497 e. The normalized spacial score (nSPS) is 11.6. The van der Waals surface area contributed by atoms with Crippen LogP contribution in [0, 0.1) is 0 Å². The molecule has 116 valence electrons. The summed E-state index contributed by atoms with van der Waals surface area (Å²) in [7, 11) is 1.66. The van der Waals surface area contributed by atoms with Crippen LogP contribution in [-0.4, -0.2) is 12.2 Å². The van der Waals surface area contributed by atoms with Crippen molar-refractivity contribution in [2.45, 2.75) is 19.4 Å². The third kappa shape index (κ3) is 4.61. The number of hydrogen-bond donors (Lipinski definition) is 2. The zero-order chi connectivity index (χ0) is 15.9. The minimum atomic E-state index is 0.144. The molecule has 0 saturated heterocycles. The van der Waals surface area contributed by atoms with Crippen LogP contribution in [0.2, 0.25) is 5.02 Å². The molecule has 2 N–H and O–H groups in total. The highest BCUT2D eigenvalue weighted by atomic mass is 35.5. The Bertz CT molecular complexity index is 631. The molecule has 0 heterocycles. The van der Waals surface area contributed by atoms with Gasteiger partial charge >= 0.3 is 0 Å². The van der Waals surface area contributed by atoms with Crippen molar-refractivity contribution >= 4 is 34.6 Å². The fourth-order valence-corrected chi connectivity index (χ4v) is 2.60. The molecule has 0 aliphatic rings. The fraction of sp³-hybridized carbons (Fsp3) is 0.235. The first-order valence-electron chi connectivity index (χ1n) is 7.09. The fourth-order valence-electron chi connectivity index (χ4n) is 2.15. The van der Waals surface area contributed by atoms with E-state index >= 15 is 0 Å². The third-order valence-corrected chi connectivity index (χ3v) is 3.77. The van der Waals surface area contributed by atoms with E-state index < -0.39 is 0 Å². The molecule has 2 aromatic rings. The van der Waals surface area contributed by atoms with Crippen LogP contribution in [0.15, 0.2) is 48.5 Å². The summed E-state index contributed by atoms with van der Waals surface area (Å²) in [4.78, 5) is 0. The first kappa shape index (κ1) is 16.6. The van der Waals surface area contributed by atoms with E-state index in [0.717, 1.165) is 17.9 Å². The van der Waals surface area contributed by atoms with Gasteiger partial charge in [-0.3, -0.25) is 0 Å². The Kier molecular flexibility index (Phi) is 6.04. The van der Waals surface area contributed by atoms with Crippen LogP contribution < -0.4 is 15.4 Å². The van der Waals surface area contributed by atoms with Gasteiger partial charge in [0.25, 0.3) is 0 Å². The molecule has 3 nitrogen and oxygen atoms in total. The van der Waals surface area contributed by atoms with E-state index in [-0.39, 0.29) is 6.04 Å². The SMILES string of the molecule is CC[C@@H](NC(=S)Nc1cccc(Cl)c1)c1ccc(OC)cc1. The maximum Gasteiger partial charge on any atom is 0.171 e. The molecule has 0 radical (unpaired) electrons. The Morgan fingerprint density at radius 3 is 2.55 bits per heavy atom. The predicted molar refractivity (Wildman–Crippen MR) is 96.8 cm³/mol. The lowest BCUT2D eigenvalue weighted by atomic mass is 10.0. The molecule has 22 heavy (non-hydrogen) atoms. The van der Waals surface area contributed by atoms with Gasteiger partial charge in [-0.05, 0) is 54.5 Å². The molecule has 5 heteroatoms. The minimum absolute atomic E-state index is 0.144. The van der Waals surface area contributed by atoms with Gasteiger partial charge < -0.3 is 15.4 Å². The van der Waals surface area contributed by atoms with Crippen molar-refractivity contribution in [3.63, 3.8) is 0 Å². The summed E-state index contributed by atoms with van der Waals surface area (Å²) in [6.45, 7) is 2.11. The van der Waals surface area contributed by atoms with E-state index in [1.165, 1.54) is 5.56 Å². The van der Waals surface area contributed by atoms with Crippen LogP contribution >= 0.6 is 23.8 Å². The number of benzene rings is 2. The molecule has 0 bridgehead atoms. The summed E-state index contributed by atoms with van der Waals surface area (Å²) in [5, 5.41) is 7.73. The van der Waals surface area contributed by atoms with Crippen LogP contribution in [0.25, 0.3) is 0 Å². The van der Waals surface area contributed by atoms with Crippen molar-refractivity contribution < 1.29 is 4.74 Å². The molecular weight excluding hydrogens is 316 g/mol. The lowest BCUT2D eigenvalue weighted by Gasteiger charge is -2.20. The second-order valence-corrected chi connectivity index (χ2v) is 5.69. The van der Waals surface area contributed by atoms with Gasteiger partial charge in [0.05, 0.1) is 13.2 Å². The zero-order valence-corrected chi connectivity index (χ0v) is 14.2. The van der Waals surface area contributed by atoms with Crippen molar-refractivity contribution in [2.24, 2.45) is 0 Å². The average molecular weight is 335 g/mol. The summed E-state index contributed by atoms with van der Waals surface area (Å²) >= 11 is 11.4. The monoisotopic (exact) mass is 334 g/mol. The molecule has 0 aliphatic heterocycles. The van der Waals surface area contributed by atoms with Crippen molar-refractivity contribution in [2.75, 3.05) is 12.4 Å². The number of hydrogen-bond acceptors (Lipinski definition) is 2. The maximum absolute atomic E-state index is 5.97. The lowest BCUT2D eigenvalue weighted by Crippen LogP contribution is -2.32. The summed E-state index contributed by atoms with van der Waals surface area (Å²) in [6.07, 6.45) is 0.920. The number of anilines is 1. The zero-order valence-electron chi connectivity index (χ0n) is 12.6. The van der Waals surface area contributed by atoms with Gasteiger partial charge in [0.2, 0.25) is 0 Å². The topological polar surface area (TPSA) is 33.3 Å². The van der Waals surface area contributed by atoms with E-state index in [2.05, 4.69) is 17.6 Å². The Hall–Kier alpha value is -1.78. The van der Waals surface area contributed by atoms with E-state index in [0.29, 0.717) is 10.1 Å². The summed E-state index contributed by atoms with van der Waals surface area (Å²) < 4.78 is 5.18. The Morgan fingerprint density at radius 2 is 1.95 bits per heavy atom. The summed E-state index contributed by atoms with van der Waals surface area (Å²) in [5.74, 6) is 0.846. The Labute approximate surface area is 141 Å². The molecule has 0 aliphatic carbocycles. The number of thiocarbonyl (C=S) groups is 1. The van der Waals surface area contributed by atoms with Gasteiger partial charge in [0.15, 0.2) is 5.11 Å². The third-order valence-electron chi connectivity index (χ3n) is 3.31. The lowest BCUT2D eigenvalue weighted by molar-refractivity contribution is 0.414. The highest BCUT2D eigenvalue weighted by molar-refractivity contribution is 7.80.